The molecule has 0 saturated carbocycles. The number of unbranched alkanes of at least 4 members (excludes halogenated alkanes) is 3. The molecule has 43 heavy (non-hydrogen) atoms. The molecule has 0 atom stereocenters. The molecule has 3 aromatic carbocycles. The Kier molecular flexibility index (Phi) is 15.2. The van der Waals surface area contributed by atoms with Crippen molar-refractivity contribution in [3.8, 4) is 28.4 Å². The molecular formula is C32H41ClN2O7S. The highest BCUT2D eigenvalue weighted by atomic mass is 35.5. The Morgan fingerprint density at radius 3 is 2.37 bits per heavy atom. The van der Waals surface area contributed by atoms with Crippen molar-refractivity contribution in [2.24, 2.45) is 0 Å². The van der Waals surface area contributed by atoms with Crippen LogP contribution < -0.4 is 26.5 Å². The second kappa shape index (κ2) is 18.3. The number of halogens is 1. The normalized spacial score (nSPS) is 11.4. The maximum absolute atomic E-state index is 11.2. The van der Waals surface area contributed by atoms with Crippen LogP contribution in [0.25, 0.3) is 11.1 Å². The highest BCUT2D eigenvalue weighted by Gasteiger charge is 2.15. The van der Waals surface area contributed by atoms with Gasteiger partial charge >= 0.3 is 11.9 Å². The van der Waals surface area contributed by atoms with E-state index in [0.717, 1.165) is 76.5 Å². The van der Waals surface area contributed by atoms with E-state index < -0.39 is 11.9 Å². The van der Waals surface area contributed by atoms with E-state index in [0.29, 0.717) is 23.6 Å². The van der Waals surface area contributed by atoms with Crippen LogP contribution in [0.3, 0.4) is 0 Å². The Hall–Kier alpha value is -3.44. The lowest BCUT2D eigenvalue weighted by molar-refractivity contribution is -0.138. The van der Waals surface area contributed by atoms with Crippen molar-refractivity contribution >= 4 is 35.3 Å². The molecule has 0 fully saturated rings. The van der Waals surface area contributed by atoms with E-state index in [-0.39, 0.29) is 38.5 Å². The molecule has 0 amide bonds. The lowest BCUT2D eigenvalue weighted by Gasteiger charge is -2.15. The van der Waals surface area contributed by atoms with Crippen LogP contribution >= 0.6 is 23.4 Å². The van der Waals surface area contributed by atoms with Gasteiger partial charge < -0.3 is 36.7 Å². The average Bonchev–Trinajstić information content (AvgIpc) is 3.42. The zero-order valence-corrected chi connectivity index (χ0v) is 25.9. The number of carbonyl (C=O) groups is 2. The second-order valence-corrected chi connectivity index (χ2v) is 11.5. The van der Waals surface area contributed by atoms with Gasteiger partial charge in [-0.1, -0.05) is 42.6 Å². The van der Waals surface area contributed by atoms with Crippen molar-refractivity contribution < 1.29 is 34.0 Å². The van der Waals surface area contributed by atoms with Gasteiger partial charge in [0, 0.05) is 22.8 Å². The third-order valence-corrected chi connectivity index (χ3v) is 8.08. The first-order valence-corrected chi connectivity index (χ1v) is 15.3. The van der Waals surface area contributed by atoms with Crippen molar-refractivity contribution in [2.75, 3.05) is 19.2 Å². The molecule has 0 saturated heterocycles. The summed E-state index contributed by atoms with van der Waals surface area (Å²) in [4.78, 5) is 23.1. The fourth-order valence-corrected chi connectivity index (χ4v) is 6.06. The summed E-state index contributed by atoms with van der Waals surface area (Å²) < 4.78 is 16.8. The van der Waals surface area contributed by atoms with Gasteiger partial charge in [0.1, 0.15) is 5.75 Å². The van der Waals surface area contributed by atoms with E-state index in [1.165, 1.54) is 0 Å². The van der Waals surface area contributed by atoms with Crippen LogP contribution in [0.2, 0.25) is 5.02 Å². The van der Waals surface area contributed by atoms with Crippen LogP contribution in [-0.2, 0) is 22.4 Å². The maximum Gasteiger partial charge on any atom is 0.303 e. The Bertz CT molecular complexity index is 1360. The summed E-state index contributed by atoms with van der Waals surface area (Å²) in [6.07, 6.45) is 5.96. The fourth-order valence-electron chi connectivity index (χ4n) is 4.75. The summed E-state index contributed by atoms with van der Waals surface area (Å²) in [7, 11) is 0. The quantitative estimate of drug-likeness (QED) is 0.0838. The van der Waals surface area contributed by atoms with E-state index in [9.17, 15) is 14.7 Å². The summed E-state index contributed by atoms with van der Waals surface area (Å²) in [5, 5.41) is 18.8. The van der Waals surface area contributed by atoms with E-state index in [1.54, 1.807) is 11.8 Å². The maximum atomic E-state index is 11.2. The summed E-state index contributed by atoms with van der Waals surface area (Å²) >= 11 is 8.23. The molecule has 11 heteroatoms. The number of carboxylic acid groups (broad SMARTS) is 2. The van der Waals surface area contributed by atoms with E-state index in [4.69, 9.17) is 30.9 Å². The smallest absolute Gasteiger partial charge is 0.303 e. The van der Waals surface area contributed by atoms with Crippen molar-refractivity contribution in [1.29, 1.82) is 0 Å². The third-order valence-electron chi connectivity index (χ3n) is 6.80. The molecular weight excluding hydrogens is 592 g/mol. The molecule has 3 aromatic rings. The van der Waals surface area contributed by atoms with Gasteiger partial charge in [0.2, 0.25) is 6.79 Å². The number of thioether (sulfide) groups is 1. The number of aryl methyl sites for hydroxylation is 1. The minimum Gasteiger partial charge on any atom is -0.493 e. The molecule has 8 N–H and O–H groups in total. The number of hydrogen-bond donors (Lipinski definition) is 4. The van der Waals surface area contributed by atoms with E-state index in [2.05, 4.69) is 6.07 Å². The molecule has 0 unspecified atom stereocenters. The first-order chi connectivity index (χ1) is 19.9. The van der Waals surface area contributed by atoms with Gasteiger partial charge in [-0.05, 0) is 96.5 Å². The van der Waals surface area contributed by atoms with Crippen molar-refractivity contribution in [1.82, 2.24) is 12.3 Å². The number of benzene rings is 3. The lowest BCUT2D eigenvalue weighted by atomic mass is 9.97. The molecule has 1 aliphatic heterocycles. The molecule has 1 aliphatic rings. The number of carboxylic acids is 2. The molecule has 0 bridgehead atoms. The average molecular weight is 633 g/mol. The van der Waals surface area contributed by atoms with Crippen LogP contribution in [-0.4, -0.2) is 41.3 Å². The van der Waals surface area contributed by atoms with E-state index in [1.807, 2.05) is 48.5 Å². The summed E-state index contributed by atoms with van der Waals surface area (Å²) in [6.45, 7) is 0.538. The van der Waals surface area contributed by atoms with Gasteiger partial charge in [-0.15, -0.1) is 11.8 Å². The second-order valence-electron chi connectivity index (χ2n) is 9.89. The van der Waals surface area contributed by atoms with Crippen LogP contribution in [0.4, 0.5) is 0 Å². The van der Waals surface area contributed by atoms with Gasteiger partial charge in [0.15, 0.2) is 11.5 Å². The number of aliphatic carboxylic acids is 2. The zero-order chi connectivity index (χ0) is 29.0. The van der Waals surface area contributed by atoms with Crippen LogP contribution in [0, 0.1) is 0 Å². The SMILES string of the molecule is N.N.O=C(O)CCCOc1cccc(CCCCCCSc2cc(Cl)cc(-c3ccc4c(c3)OCO4)c2)c1CCC(=O)O. The van der Waals surface area contributed by atoms with Gasteiger partial charge in [0.25, 0.3) is 0 Å². The Morgan fingerprint density at radius 1 is 0.814 bits per heavy atom. The lowest BCUT2D eigenvalue weighted by Crippen LogP contribution is -2.07. The minimum atomic E-state index is -0.856. The van der Waals surface area contributed by atoms with Crippen molar-refractivity contribution in [3.63, 3.8) is 0 Å². The highest BCUT2D eigenvalue weighted by Crippen LogP contribution is 2.38. The number of hydrogen-bond acceptors (Lipinski definition) is 8. The fraction of sp³-hybridized carbons (Fsp3) is 0.375. The third kappa shape index (κ3) is 11.3. The minimum absolute atomic E-state index is 0. The van der Waals surface area contributed by atoms with Gasteiger partial charge in [-0.25, -0.2) is 0 Å². The molecule has 4 rings (SSSR count). The zero-order valence-electron chi connectivity index (χ0n) is 24.3. The molecule has 234 valence electrons. The first-order valence-electron chi connectivity index (χ1n) is 13.9. The Labute approximate surface area is 262 Å². The van der Waals surface area contributed by atoms with Gasteiger partial charge in [-0.3, -0.25) is 9.59 Å². The Balaban J connectivity index is 0.00000323. The summed E-state index contributed by atoms with van der Waals surface area (Å²) in [5.74, 6) is 1.45. The summed E-state index contributed by atoms with van der Waals surface area (Å²) in [6, 6.07) is 17.8. The van der Waals surface area contributed by atoms with Crippen LogP contribution in [0.5, 0.6) is 17.2 Å². The predicted molar refractivity (Wildman–Crippen MR) is 171 cm³/mol. The number of fused-ring (bicyclic) bond motifs is 1. The molecule has 9 nitrogen and oxygen atoms in total. The molecule has 0 spiro atoms. The molecule has 1 heterocycles. The van der Waals surface area contributed by atoms with Crippen LogP contribution in [0.1, 0.15) is 56.1 Å². The number of ether oxygens (including phenoxy) is 3. The highest BCUT2D eigenvalue weighted by molar-refractivity contribution is 7.99. The molecule has 0 aromatic heterocycles. The van der Waals surface area contributed by atoms with Gasteiger partial charge in [0.05, 0.1) is 6.61 Å². The standard InChI is InChI=1S/C32H35ClO7S.2H3N/c33-25-17-24(23-11-13-29-30(19-23)40-21-39-29)18-26(20-25)41-16-4-2-1-3-7-22-8-5-9-28(27(22)12-14-32(36)37)38-15-6-10-31(34)35;;/h5,8-9,11,13,17-20H,1-4,6-7,10,12,14-16,21H2,(H,34,35)(H,36,37);2*1H3. The van der Waals surface area contributed by atoms with Crippen molar-refractivity contribution in [2.45, 2.75) is 62.7 Å². The monoisotopic (exact) mass is 632 g/mol. The predicted octanol–water partition coefficient (Wildman–Crippen LogP) is 8.22. The van der Waals surface area contributed by atoms with Crippen molar-refractivity contribution in [3.05, 3.63) is 70.7 Å². The Morgan fingerprint density at radius 2 is 1.58 bits per heavy atom. The first kappa shape index (κ1) is 35.8. The largest absolute Gasteiger partial charge is 0.493 e. The molecule has 0 aliphatic carbocycles. The summed E-state index contributed by atoms with van der Waals surface area (Å²) in [5.41, 5.74) is 4.10. The van der Waals surface area contributed by atoms with Gasteiger partial charge in [-0.2, -0.15) is 0 Å². The number of rotatable bonds is 17. The molecule has 0 radical (unpaired) electrons. The topological polar surface area (TPSA) is 172 Å². The van der Waals surface area contributed by atoms with Crippen LogP contribution in [0.15, 0.2) is 59.5 Å². The van der Waals surface area contributed by atoms with E-state index >= 15 is 0 Å².